The van der Waals surface area contributed by atoms with Gasteiger partial charge in [-0.1, -0.05) is 39.0 Å². The van der Waals surface area contributed by atoms with Crippen LogP contribution in [0.25, 0.3) is 0 Å². The van der Waals surface area contributed by atoms with Crippen LogP contribution in [0.1, 0.15) is 40.0 Å². The molecule has 0 amide bonds. The third-order valence-corrected chi connectivity index (χ3v) is 5.28. The Kier molecular flexibility index (Phi) is 3.35. The highest BCUT2D eigenvalue weighted by Crippen LogP contribution is 2.63. The van der Waals surface area contributed by atoms with Gasteiger partial charge in [0.25, 0.3) is 0 Å². The molecule has 3 rings (SSSR count). The number of ether oxygens (including phenoxy) is 1. The molecule has 0 radical (unpaired) electrons. The normalized spacial score (nSPS) is 37.5. The van der Waals surface area contributed by atoms with E-state index in [1.165, 1.54) is 5.57 Å². The maximum absolute atomic E-state index is 12.1. The molecule has 0 bridgehead atoms. The van der Waals surface area contributed by atoms with Gasteiger partial charge in [-0.3, -0.25) is 4.79 Å². The van der Waals surface area contributed by atoms with Crippen molar-refractivity contribution in [2.24, 2.45) is 23.2 Å². The van der Waals surface area contributed by atoms with Gasteiger partial charge in [0, 0.05) is 18.8 Å². The predicted molar refractivity (Wildman–Crippen MR) is 80.0 cm³/mol. The fourth-order valence-electron chi connectivity index (χ4n) is 4.14. The van der Waals surface area contributed by atoms with E-state index >= 15 is 0 Å². The van der Waals surface area contributed by atoms with Crippen molar-refractivity contribution in [3.63, 3.8) is 0 Å². The highest BCUT2D eigenvalue weighted by atomic mass is 16.5. The molecule has 1 aliphatic heterocycles. The van der Waals surface area contributed by atoms with Crippen LogP contribution in [0, 0.1) is 23.2 Å². The average molecular weight is 272 g/mol. The molecule has 2 nitrogen and oxygen atoms in total. The van der Waals surface area contributed by atoms with Crippen molar-refractivity contribution in [1.29, 1.82) is 0 Å². The first kappa shape index (κ1) is 13.7. The summed E-state index contributed by atoms with van der Waals surface area (Å²) in [6.07, 6.45) is 11.3. The van der Waals surface area contributed by atoms with Crippen molar-refractivity contribution >= 4 is 5.78 Å². The molecule has 3 aliphatic rings. The van der Waals surface area contributed by atoms with Crippen LogP contribution < -0.4 is 0 Å². The largest absolute Gasteiger partial charge is 0.493 e. The van der Waals surface area contributed by atoms with Crippen molar-refractivity contribution in [2.75, 3.05) is 6.61 Å². The van der Waals surface area contributed by atoms with Gasteiger partial charge in [0.15, 0.2) is 0 Å². The first-order valence-electron chi connectivity index (χ1n) is 7.78. The van der Waals surface area contributed by atoms with Gasteiger partial charge >= 0.3 is 0 Å². The monoisotopic (exact) mass is 272 g/mol. The summed E-state index contributed by atoms with van der Waals surface area (Å²) in [5.41, 5.74) is 1.59. The van der Waals surface area contributed by atoms with Crippen LogP contribution >= 0.6 is 0 Å². The van der Waals surface area contributed by atoms with Crippen LogP contribution in [0.3, 0.4) is 0 Å². The SMILES string of the molecule is CCC(=O)[C@@H]1[C@@H](C2/C=C/C=C\C3=C(CCO3)C2)C1(C)C. The lowest BCUT2D eigenvalue weighted by molar-refractivity contribution is -0.120. The minimum atomic E-state index is 0.158. The quantitative estimate of drug-likeness (QED) is 0.775. The van der Waals surface area contributed by atoms with Crippen LogP contribution in [-0.2, 0) is 9.53 Å². The highest BCUT2D eigenvalue weighted by Gasteiger charge is 2.62. The van der Waals surface area contributed by atoms with Gasteiger partial charge in [-0.25, -0.2) is 0 Å². The summed E-state index contributed by atoms with van der Waals surface area (Å²) in [6.45, 7) is 7.29. The Balaban J connectivity index is 1.82. The Labute approximate surface area is 121 Å². The van der Waals surface area contributed by atoms with Crippen LogP contribution in [0.4, 0.5) is 0 Å². The fourth-order valence-corrected chi connectivity index (χ4v) is 4.14. The Bertz CT molecular complexity index is 508. The zero-order valence-corrected chi connectivity index (χ0v) is 12.7. The Morgan fingerprint density at radius 1 is 1.40 bits per heavy atom. The summed E-state index contributed by atoms with van der Waals surface area (Å²) in [7, 11) is 0. The summed E-state index contributed by atoms with van der Waals surface area (Å²) in [4.78, 5) is 12.1. The van der Waals surface area contributed by atoms with Crippen LogP contribution in [0.5, 0.6) is 0 Å². The van der Waals surface area contributed by atoms with E-state index in [-0.39, 0.29) is 11.3 Å². The molecule has 0 N–H and O–H groups in total. The first-order valence-corrected chi connectivity index (χ1v) is 7.78. The second-order valence-corrected chi connectivity index (χ2v) is 6.82. The zero-order valence-electron chi connectivity index (χ0n) is 12.7. The van der Waals surface area contributed by atoms with E-state index < -0.39 is 0 Å². The van der Waals surface area contributed by atoms with Gasteiger partial charge in [0.2, 0.25) is 0 Å². The van der Waals surface area contributed by atoms with Crippen molar-refractivity contribution < 1.29 is 9.53 Å². The number of hydrogen-bond donors (Lipinski definition) is 0. The summed E-state index contributed by atoms with van der Waals surface area (Å²) in [5.74, 6) is 2.71. The summed E-state index contributed by atoms with van der Waals surface area (Å²) >= 11 is 0. The maximum atomic E-state index is 12.1. The van der Waals surface area contributed by atoms with Gasteiger partial charge in [0.05, 0.1) is 6.61 Å². The average Bonchev–Trinajstić information content (AvgIpc) is 2.74. The van der Waals surface area contributed by atoms with E-state index in [4.69, 9.17) is 4.74 Å². The molecule has 1 saturated carbocycles. The van der Waals surface area contributed by atoms with Gasteiger partial charge in [-0.05, 0) is 35.3 Å². The van der Waals surface area contributed by atoms with Crippen LogP contribution in [0.15, 0.2) is 35.6 Å². The number of hydrogen-bond acceptors (Lipinski definition) is 2. The number of ketones is 1. The Morgan fingerprint density at radius 2 is 2.20 bits per heavy atom. The number of rotatable bonds is 3. The van der Waals surface area contributed by atoms with Gasteiger partial charge in [-0.2, -0.15) is 0 Å². The molecule has 1 fully saturated rings. The van der Waals surface area contributed by atoms with E-state index in [1.54, 1.807) is 0 Å². The molecule has 0 spiro atoms. The summed E-state index contributed by atoms with van der Waals surface area (Å²) in [5, 5.41) is 0. The Morgan fingerprint density at radius 3 is 2.95 bits per heavy atom. The van der Waals surface area contributed by atoms with Crippen LogP contribution in [-0.4, -0.2) is 12.4 Å². The molecule has 3 atom stereocenters. The summed E-state index contributed by atoms with van der Waals surface area (Å²) in [6, 6.07) is 0. The molecule has 20 heavy (non-hydrogen) atoms. The summed E-state index contributed by atoms with van der Waals surface area (Å²) < 4.78 is 5.68. The van der Waals surface area contributed by atoms with Crippen molar-refractivity contribution in [3.05, 3.63) is 35.6 Å². The number of allylic oxidation sites excluding steroid dienone is 4. The smallest absolute Gasteiger partial charge is 0.136 e. The van der Waals surface area contributed by atoms with E-state index in [0.717, 1.165) is 25.2 Å². The van der Waals surface area contributed by atoms with E-state index in [9.17, 15) is 4.79 Å². The third kappa shape index (κ3) is 2.15. The molecule has 2 aliphatic carbocycles. The second kappa shape index (κ2) is 4.91. The molecule has 1 heterocycles. The molecule has 2 heteroatoms. The predicted octanol–water partition coefficient (Wildman–Crippen LogP) is 4.04. The van der Waals surface area contributed by atoms with Crippen molar-refractivity contribution in [3.8, 4) is 0 Å². The zero-order chi connectivity index (χ0) is 14.3. The molecular formula is C18H24O2. The fraction of sp³-hybridized carbons (Fsp3) is 0.611. The first-order chi connectivity index (χ1) is 9.55. The topological polar surface area (TPSA) is 26.3 Å². The molecule has 1 unspecified atom stereocenters. The van der Waals surface area contributed by atoms with Crippen molar-refractivity contribution in [1.82, 2.24) is 0 Å². The molecule has 108 valence electrons. The lowest BCUT2D eigenvalue weighted by atomic mass is 9.88. The third-order valence-electron chi connectivity index (χ3n) is 5.28. The second-order valence-electron chi connectivity index (χ2n) is 6.82. The van der Waals surface area contributed by atoms with Gasteiger partial charge < -0.3 is 4.74 Å². The standard InChI is InChI=1S/C18H24O2/c1-4-14(19)17-16(18(17,2)3)13-7-5-6-8-15-12(11-13)9-10-20-15/h5-8,13,16-17H,4,9-11H2,1-3H3/b7-5+,8-6-/t13?,16-,17-/m1/s1. The molecule has 0 saturated heterocycles. The lowest BCUT2D eigenvalue weighted by Gasteiger charge is -2.16. The number of carbonyl (C=O) groups excluding carboxylic acids is 1. The van der Waals surface area contributed by atoms with Gasteiger partial charge in [-0.15, -0.1) is 0 Å². The molecular weight excluding hydrogens is 248 g/mol. The van der Waals surface area contributed by atoms with Crippen molar-refractivity contribution in [2.45, 2.75) is 40.0 Å². The molecule has 0 aromatic heterocycles. The van der Waals surface area contributed by atoms with Gasteiger partial charge in [0.1, 0.15) is 11.5 Å². The minimum absolute atomic E-state index is 0.158. The minimum Gasteiger partial charge on any atom is -0.493 e. The number of carbonyl (C=O) groups is 1. The Hall–Kier alpha value is -1.31. The van der Waals surface area contributed by atoms with Crippen LogP contribution in [0.2, 0.25) is 0 Å². The maximum Gasteiger partial charge on any atom is 0.136 e. The molecule has 0 aromatic rings. The lowest BCUT2D eigenvalue weighted by Crippen LogP contribution is -2.08. The van der Waals surface area contributed by atoms with E-state index in [0.29, 0.717) is 24.0 Å². The number of Topliss-reactive ketones (excluding diaryl/α,β-unsaturated/α-hetero) is 1. The highest BCUT2D eigenvalue weighted by molar-refractivity contribution is 5.85. The van der Waals surface area contributed by atoms with E-state index in [2.05, 4.69) is 38.2 Å². The molecule has 0 aromatic carbocycles. The van der Waals surface area contributed by atoms with E-state index in [1.807, 2.05) is 6.92 Å².